The number of hydrogen-bond donors (Lipinski definition) is 2. The van der Waals surface area contributed by atoms with Gasteiger partial charge >= 0.3 is 0 Å². The molecule has 0 unspecified atom stereocenters. The number of likely N-dealkylation sites (N-methyl/N-ethyl adjacent to an activating group) is 1. The van der Waals surface area contributed by atoms with Crippen LogP contribution in [0.5, 0.6) is 0 Å². The standard InChI is InChI=1S/C21H27N5OS/c1-4-17-13-18-19(23-14-24-21(18)28-17)25-16-9-7-15(8-10-16)20(27)22-11-12-26(5-2)6-3/h7-10,13-14H,4-6,11-12H2,1-3H3,(H,22,27)(H,23,24,25). The molecule has 0 spiro atoms. The summed E-state index contributed by atoms with van der Waals surface area (Å²) in [5.74, 6) is 0.742. The van der Waals surface area contributed by atoms with Crippen LogP contribution in [0.1, 0.15) is 36.0 Å². The zero-order chi connectivity index (χ0) is 19.9. The number of nitrogens with one attached hydrogen (secondary N) is 2. The Morgan fingerprint density at radius 2 is 1.86 bits per heavy atom. The number of aromatic nitrogens is 2. The summed E-state index contributed by atoms with van der Waals surface area (Å²) in [4.78, 5) is 25.6. The Kier molecular flexibility index (Phi) is 6.95. The molecular formula is C21H27N5OS. The van der Waals surface area contributed by atoms with E-state index in [1.54, 1.807) is 17.7 Å². The minimum atomic E-state index is -0.0476. The quantitative estimate of drug-likeness (QED) is 0.570. The summed E-state index contributed by atoms with van der Waals surface area (Å²) < 4.78 is 0. The average Bonchev–Trinajstić information content (AvgIpc) is 3.16. The van der Waals surface area contributed by atoms with Crippen LogP contribution in [0.25, 0.3) is 10.2 Å². The molecule has 28 heavy (non-hydrogen) atoms. The summed E-state index contributed by atoms with van der Waals surface area (Å²) in [5, 5.41) is 7.35. The number of amides is 1. The Labute approximate surface area is 170 Å². The Morgan fingerprint density at radius 3 is 2.54 bits per heavy atom. The van der Waals surface area contributed by atoms with Crippen LogP contribution in [-0.2, 0) is 6.42 Å². The highest BCUT2D eigenvalue weighted by Gasteiger charge is 2.10. The SMILES string of the molecule is CCc1cc2c(Nc3ccc(C(=O)NCCN(CC)CC)cc3)ncnc2s1. The number of hydrogen-bond acceptors (Lipinski definition) is 6. The summed E-state index contributed by atoms with van der Waals surface area (Å²) in [6, 6.07) is 9.61. The largest absolute Gasteiger partial charge is 0.351 e. The van der Waals surface area contributed by atoms with Gasteiger partial charge in [-0.05, 0) is 49.8 Å². The third-order valence-electron chi connectivity index (χ3n) is 4.75. The molecule has 0 saturated carbocycles. The lowest BCUT2D eigenvalue weighted by Crippen LogP contribution is -2.34. The molecular weight excluding hydrogens is 370 g/mol. The Balaban J connectivity index is 1.63. The van der Waals surface area contributed by atoms with Crippen LogP contribution in [0.4, 0.5) is 11.5 Å². The highest BCUT2D eigenvalue weighted by atomic mass is 32.1. The molecule has 0 bridgehead atoms. The fourth-order valence-corrected chi connectivity index (χ4v) is 3.93. The highest BCUT2D eigenvalue weighted by Crippen LogP contribution is 2.30. The number of anilines is 2. The van der Waals surface area contributed by atoms with Gasteiger partial charge in [0.05, 0.1) is 5.39 Å². The Bertz CT molecular complexity index is 918. The van der Waals surface area contributed by atoms with Gasteiger partial charge < -0.3 is 15.5 Å². The average molecular weight is 398 g/mol. The number of benzene rings is 1. The molecule has 1 aromatic carbocycles. The monoisotopic (exact) mass is 397 g/mol. The van der Waals surface area contributed by atoms with Gasteiger partial charge in [-0.1, -0.05) is 20.8 Å². The number of carbonyl (C=O) groups is 1. The van der Waals surface area contributed by atoms with Gasteiger partial charge in [0.2, 0.25) is 0 Å². The van der Waals surface area contributed by atoms with Gasteiger partial charge in [-0.2, -0.15) is 0 Å². The number of rotatable bonds is 9. The summed E-state index contributed by atoms with van der Waals surface area (Å²) in [6.07, 6.45) is 2.57. The van der Waals surface area contributed by atoms with Crippen molar-refractivity contribution in [3.05, 3.63) is 47.1 Å². The summed E-state index contributed by atoms with van der Waals surface area (Å²) in [7, 11) is 0. The molecule has 0 aliphatic heterocycles. The Morgan fingerprint density at radius 1 is 1.11 bits per heavy atom. The normalized spacial score (nSPS) is 11.1. The first kappa shape index (κ1) is 20.2. The fourth-order valence-electron chi connectivity index (χ4n) is 2.99. The second kappa shape index (κ2) is 9.61. The lowest BCUT2D eigenvalue weighted by molar-refractivity contribution is 0.0949. The number of thiophene rings is 1. The lowest BCUT2D eigenvalue weighted by atomic mass is 10.2. The van der Waals surface area contributed by atoms with Crippen molar-refractivity contribution in [3.63, 3.8) is 0 Å². The van der Waals surface area contributed by atoms with E-state index in [0.29, 0.717) is 12.1 Å². The van der Waals surface area contributed by atoms with Crippen molar-refractivity contribution in [2.24, 2.45) is 0 Å². The van der Waals surface area contributed by atoms with Crippen LogP contribution < -0.4 is 10.6 Å². The molecule has 2 N–H and O–H groups in total. The van der Waals surface area contributed by atoms with E-state index >= 15 is 0 Å². The van der Waals surface area contributed by atoms with Crippen molar-refractivity contribution in [1.82, 2.24) is 20.2 Å². The third kappa shape index (κ3) is 4.85. The molecule has 1 amide bonds. The third-order valence-corrected chi connectivity index (χ3v) is 5.93. The van der Waals surface area contributed by atoms with Gasteiger partial charge in [0.1, 0.15) is 17.0 Å². The summed E-state index contributed by atoms with van der Waals surface area (Å²) >= 11 is 1.69. The smallest absolute Gasteiger partial charge is 0.251 e. The number of carbonyl (C=O) groups excluding carboxylic acids is 1. The predicted octanol–water partition coefficient (Wildman–Crippen LogP) is 4.07. The van der Waals surface area contributed by atoms with Crippen LogP contribution in [-0.4, -0.2) is 47.0 Å². The molecule has 7 heteroatoms. The van der Waals surface area contributed by atoms with E-state index in [1.807, 2.05) is 24.3 Å². The maximum atomic E-state index is 12.3. The molecule has 6 nitrogen and oxygen atoms in total. The van der Waals surface area contributed by atoms with Gasteiger partial charge in [-0.15, -0.1) is 11.3 Å². The highest BCUT2D eigenvalue weighted by molar-refractivity contribution is 7.18. The fraction of sp³-hybridized carbons (Fsp3) is 0.381. The molecule has 0 atom stereocenters. The van der Waals surface area contributed by atoms with Crippen molar-refractivity contribution in [2.75, 3.05) is 31.5 Å². The maximum Gasteiger partial charge on any atom is 0.251 e. The molecule has 0 fully saturated rings. The molecule has 0 aliphatic rings. The van der Waals surface area contributed by atoms with E-state index in [1.165, 1.54) is 4.88 Å². The van der Waals surface area contributed by atoms with Crippen LogP contribution in [0.2, 0.25) is 0 Å². The second-order valence-corrected chi connectivity index (χ2v) is 7.61. The number of fused-ring (bicyclic) bond motifs is 1. The van der Waals surface area contributed by atoms with Crippen molar-refractivity contribution in [2.45, 2.75) is 27.2 Å². The summed E-state index contributed by atoms with van der Waals surface area (Å²) in [6.45, 7) is 9.89. The first-order chi connectivity index (χ1) is 13.6. The van der Waals surface area contributed by atoms with E-state index < -0.39 is 0 Å². The molecule has 148 valence electrons. The molecule has 0 aliphatic carbocycles. The predicted molar refractivity (Wildman–Crippen MR) is 117 cm³/mol. The van der Waals surface area contributed by atoms with Crippen LogP contribution >= 0.6 is 11.3 Å². The molecule has 2 heterocycles. The topological polar surface area (TPSA) is 70.2 Å². The van der Waals surface area contributed by atoms with Gasteiger partial charge in [-0.25, -0.2) is 9.97 Å². The van der Waals surface area contributed by atoms with Gasteiger partial charge in [0.15, 0.2) is 0 Å². The molecule has 3 aromatic rings. The zero-order valence-electron chi connectivity index (χ0n) is 16.7. The zero-order valence-corrected chi connectivity index (χ0v) is 17.5. The first-order valence-corrected chi connectivity index (χ1v) is 10.6. The van der Waals surface area contributed by atoms with Crippen LogP contribution in [0.3, 0.4) is 0 Å². The van der Waals surface area contributed by atoms with Crippen molar-refractivity contribution in [3.8, 4) is 0 Å². The van der Waals surface area contributed by atoms with Gasteiger partial charge in [-0.3, -0.25) is 4.79 Å². The van der Waals surface area contributed by atoms with Crippen LogP contribution in [0.15, 0.2) is 36.7 Å². The Hall–Kier alpha value is -2.51. The molecule has 2 aromatic heterocycles. The number of aryl methyl sites for hydroxylation is 1. The maximum absolute atomic E-state index is 12.3. The number of nitrogens with zero attached hydrogens (tertiary/aromatic N) is 3. The van der Waals surface area contributed by atoms with Gasteiger partial charge in [0, 0.05) is 29.2 Å². The lowest BCUT2D eigenvalue weighted by Gasteiger charge is -2.18. The molecule has 0 saturated heterocycles. The van der Waals surface area contributed by atoms with Crippen molar-refractivity contribution < 1.29 is 4.79 Å². The molecule has 0 radical (unpaired) electrons. The second-order valence-electron chi connectivity index (χ2n) is 6.49. The van der Waals surface area contributed by atoms with E-state index in [2.05, 4.69) is 52.3 Å². The minimum absolute atomic E-state index is 0.0476. The van der Waals surface area contributed by atoms with Crippen LogP contribution in [0, 0.1) is 0 Å². The minimum Gasteiger partial charge on any atom is -0.351 e. The summed E-state index contributed by atoms with van der Waals surface area (Å²) in [5.41, 5.74) is 1.55. The van der Waals surface area contributed by atoms with E-state index in [9.17, 15) is 4.79 Å². The van der Waals surface area contributed by atoms with E-state index in [-0.39, 0.29) is 5.91 Å². The van der Waals surface area contributed by atoms with Gasteiger partial charge in [0.25, 0.3) is 5.91 Å². The van der Waals surface area contributed by atoms with E-state index in [4.69, 9.17) is 0 Å². The first-order valence-electron chi connectivity index (χ1n) is 9.75. The van der Waals surface area contributed by atoms with E-state index in [0.717, 1.165) is 47.8 Å². The van der Waals surface area contributed by atoms with Crippen molar-refractivity contribution in [1.29, 1.82) is 0 Å². The molecule has 3 rings (SSSR count). The van der Waals surface area contributed by atoms with Crippen molar-refractivity contribution >= 4 is 39.0 Å².